The third-order valence-corrected chi connectivity index (χ3v) is 11.4. The van der Waals surface area contributed by atoms with E-state index in [2.05, 4.69) is 11.4 Å². The summed E-state index contributed by atoms with van der Waals surface area (Å²) in [6.07, 6.45) is 0.610. The minimum atomic E-state index is -0.717. The first-order chi connectivity index (χ1) is 28.2. The maximum absolute atomic E-state index is 14.2. The molecule has 2 unspecified atom stereocenters. The third kappa shape index (κ3) is 8.52. The predicted molar refractivity (Wildman–Crippen MR) is 224 cm³/mol. The van der Waals surface area contributed by atoms with Gasteiger partial charge >= 0.3 is 0 Å². The van der Waals surface area contributed by atoms with E-state index in [1.54, 1.807) is 17.0 Å². The van der Waals surface area contributed by atoms with Gasteiger partial charge in [0.2, 0.25) is 5.91 Å². The van der Waals surface area contributed by atoms with Crippen molar-refractivity contribution >= 4 is 35.0 Å². The molecule has 0 bridgehead atoms. The Bertz CT molecular complexity index is 2520. The first-order valence-corrected chi connectivity index (χ1v) is 19.8. The number of aryl methyl sites for hydroxylation is 1. The Balaban J connectivity index is 0.946. The molecule has 8 rings (SSSR count). The SMILES string of the molecule is Cc1ccccc1C(=O)N1Cc2cc3c(cc2CC1C(=O)NCCc1ccc(-c2ccc(C#N)cc2)cc1)OCC(c1ccc(OCc2ccc(Cl)c(Cl)c2)cc1)O3. The average molecular weight is 809 g/mol. The van der Waals surface area contributed by atoms with Crippen LogP contribution >= 0.6 is 23.2 Å². The standard InChI is InChI=1S/C48H39Cl2N3O5/c1-30-4-2-3-5-40(30)48(55)53-27-38-25-45-44(57-29-46(58-45)36-15-17-39(18-16-36)56-28-33-10-19-41(49)42(50)22-33)24-37(38)23-43(53)47(54)52-21-20-31-6-11-34(12-7-31)35-13-8-32(26-51)9-14-35/h2-19,22,24-25,43,46H,20-21,23,27-29H2,1H3,(H,52,54). The minimum absolute atomic E-state index is 0.198. The van der Waals surface area contributed by atoms with E-state index in [1.807, 2.05) is 122 Å². The molecule has 0 aromatic heterocycles. The van der Waals surface area contributed by atoms with Crippen LogP contribution in [0.1, 0.15) is 55.4 Å². The number of nitriles is 1. The Morgan fingerprint density at radius 2 is 1.53 bits per heavy atom. The molecule has 6 aromatic rings. The Morgan fingerprint density at radius 1 is 0.828 bits per heavy atom. The van der Waals surface area contributed by atoms with Gasteiger partial charge in [-0.25, -0.2) is 0 Å². The fourth-order valence-corrected chi connectivity index (χ4v) is 7.68. The molecule has 0 saturated carbocycles. The minimum Gasteiger partial charge on any atom is -0.489 e. The molecule has 58 heavy (non-hydrogen) atoms. The summed E-state index contributed by atoms with van der Waals surface area (Å²) in [5.74, 6) is 1.50. The van der Waals surface area contributed by atoms with Crippen LogP contribution in [0.5, 0.6) is 17.2 Å². The van der Waals surface area contributed by atoms with Gasteiger partial charge in [0.15, 0.2) is 17.6 Å². The summed E-state index contributed by atoms with van der Waals surface area (Å²) in [7, 11) is 0. The number of nitrogens with one attached hydrogen (secondary N) is 1. The molecule has 0 saturated heterocycles. The molecule has 2 amide bonds. The maximum Gasteiger partial charge on any atom is 0.255 e. The van der Waals surface area contributed by atoms with Crippen molar-refractivity contribution in [3.05, 3.63) is 182 Å². The van der Waals surface area contributed by atoms with Crippen molar-refractivity contribution in [2.24, 2.45) is 0 Å². The molecule has 10 heteroatoms. The fraction of sp³-hybridized carbons (Fsp3) is 0.188. The summed E-state index contributed by atoms with van der Waals surface area (Å²) in [5, 5.41) is 13.2. The highest BCUT2D eigenvalue weighted by atomic mass is 35.5. The number of ether oxygens (including phenoxy) is 3. The van der Waals surface area contributed by atoms with Gasteiger partial charge in [0.1, 0.15) is 25.0 Å². The van der Waals surface area contributed by atoms with Crippen LogP contribution in [0, 0.1) is 18.3 Å². The molecule has 0 aliphatic carbocycles. The average Bonchev–Trinajstić information content (AvgIpc) is 3.26. The van der Waals surface area contributed by atoms with Crippen LogP contribution in [0.15, 0.2) is 127 Å². The van der Waals surface area contributed by atoms with Gasteiger partial charge in [0.05, 0.1) is 21.7 Å². The lowest BCUT2D eigenvalue weighted by atomic mass is 9.91. The van der Waals surface area contributed by atoms with Crippen LogP contribution in [-0.4, -0.2) is 35.9 Å². The van der Waals surface area contributed by atoms with Gasteiger partial charge < -0.3 is 24.4 Å². The molecule has 2 heterocycles. The number of amides is 2. The van der Waals surface area contributed by atoms with Gasteiger partial charge in [-0.1, -0.05) is 96.0 Å². The van der Waals surface area contributed by atoms with Crippen LogP contribution < -0.4 is 19.5 Å². The van der Waals surface area contributed by atoms with E-state index in [9.17, 15) is 9.59 Å². The smallest absolute Gasteiger partial charge is 0.255 e. The number of rotatable bonds is 10. The second kappa shape index (κ2) is 17.1. The zero-order chi connectivity index (χ0) is 40.2. The first kappa shape index (κ1) is 38.6. The third-order valence-electron chi connectivity index (χ3n) is 10.7. The zero-order valence-corrected chi connectivity index (χ0v) is 33.2. The Kier molecular flexibility index (Phi) is 11.4. The lowest BCUT2D eigenvalue weighted by Gasteiger charge is -2.37. The second-order valence-corrected chi connectivity index (χ2v) is 15.3. The van der Waals surface area contributed by atoms with Crippen molar-refractivity contribution in [1.29, 1.82) is 5.26 Å². The molecule has 8 nitrogen and oxygen atoms in total. The summed E-state index contributed by atoms with van der Waals surface area (Å²) < 4.78 is 18.7. The number of hydrogen-bond acceptors (Lipinski definition) is 6. The van der Waals surface area contributed by atoms with Crippen molar-refractivity contribution in [3.8, 4) is 34.4 Å². The fourth-order valence-electron chi connectivity index (χ4n) is 7.35. The van der Waals surface area contributed by atoms with E-state index in [-0.39, 0.29) is 24.5 Å². The van der Waals surface area contributed by atoms with Gasteiger partial charge in [0.25, 0.3) is 5.91 Å². The number of hydrogen-bond donors (Lipinski definition) is 1. The van der Waals surface area contributed by atoms with E-state index < -0.39 is 6.04 Å². The molecule has 0 fully saturated rings. The van der Waals surface area contributed by atoms with Crippen LogP contribution in [0.4, 0.5) is 0 Å². The number of carbonyl (C=O) groups is 2. The highest BCUT2D eigenvalue weighted by Crippen LogP contribution is 2.41. The number of halogens is 2. The van der Waals surface area contributed by atoms with E-state index in [0.717, 1.165) is 44.5 Å². The van der Waals surface area contributed by atoms with Crippen molar-refractivity contribution in [1.82, 2.24) is 10.2 Å². The molecule has 2 aliphatic heterocycles. The van der Waals surface area contributed by atoms with Gasteiger partial charge in [-0.05, 0) is 112 Å². The van der Waals surface area contributed by atoms with Crippen LogP contribution in [0.3, 0.4) is 0 Å². The molecule has 6 aromatic carbocycles. The Hall–Kier alpha value is -6.27. The topological polar surface area (TPSA) is 101 Å². The molecular formula is C48H39Cl2N3O5. The van der Waals surface area contributed by atoms with E-state index >= 15 is 0 Å². The number of benzene rings is 6. The van der Waals surface area contributed by atoms with Crippen LogP contribution in [0.25, 0.3) is 11.1 Å². The first-order valence-electron chi connectivity index (χ1n) is 19.1. The van der Waals surface area contributed by atoms with Gasteiger partial charge in [-0.3, -0.25) is 9.59 Å². The highest BCUT2D eigenvalue weighted by Gasteiger charge is 2.37. The lowest BCUT2D eigenvalue weighted by Crippen LogP contribution is -2.53. The zero-order valence-electron chi connectivity index (χ0n) is 31.7. The van der Waals surface area contributed by atoms with Gasteiger partial charge in [-0.15, -0.1) is 0 Å². The summed E-state index contributed by atoms with van der Waals surface area (Å²) in [5.41, 5.74) is 8.87. The van der Waals surface area contributed by atoms with Crippen LogP contribution in [-0.2, 0) is 30.8 Å². The monoisotopic (exact) mass is 807 g/mol. The second-order valence-electron chi connectivity index (χ2n) is 14.5. The lowest BCUT2D eigenvalue weighted by molar-refractivity contribution is -0.126. The van der Waals surface area contributed by atoms with Crippen molar-refractivity contribution < 1.29 is 23.8 Å². The molecule has 1 N–H and O–H groups in total. The van der Waals surface area contributed by atoms with Crippen molar-refractivity contribution in [3.63, 3.8) is 0 Å². The van der Waals surface area contributed by atoms with Crippen molar-refractivity contribution in [2.75, 3.05) is 13.2 Å². The summed E-state index contributed by atoms with van der Waals surface area (Å²) in [4.78, 5) is 29.8. The Morgan fingerprint density at radius 3 is 2.26 bits per heavy atom. The highest BCUT2D eigenvalue weighted by molar-refractivity contribution is 6.42. The summed E-state index contributed by atoms with van der Waals surface area (Å²) >= 11 is 12.2. The summed E-state index contributed by atoms with van der Waals surface area (Å²) in [6.45, 7) is 3.22. The Labute approximate surface area is 347 Å². The molecular weight excluding hydrogens is 769 g/mol. The molecule has 2 aliphatic rings. The van der Waals surface area contributed by atoms with E-state index in [1.165, 1.54) is 0 Å². The number of nitrogens with zero attached hydrogens (tertiary/aromatic N) is 2. The molecule has 2 atom stereocenters. The van der Waals surface area contributed by atoms with E-state index in [4.69, 9.17) is 42.7 Å². The van der Waals surface area contributed by atoms with Crippen LogP contribution in [0.2, 0.25) is 10.0 Å². The quantitative estimate of drug-likeness (QED) is 0.148. The van der Waals surface area contributed by atoms with Crippen molar-refractivity contribution in [2.45, 2.75) is 45.1 Å². The van der Waals surface area contributed by atoms with E-state index in [0.29, 0.717) is 71.0 Å². The van der Waals surface area contributed by atoms with Gasteiger partial charge in [-0.2, -0.15) is 5.26 Å². The number of fused-ring (bicyclic) bond motifs is 2. The molecule has 0 spiro atoms. The summed E-state index contributed by atoms with van der Waals surface area (Å²) in [6, 6.07) is 41.6. The predicted octanol–water partition coefficient (Wildman–Crippen LogP) is 9.86. The molecule has 290 valence electrons. The number of carbonyl (C=O) groups excluding carboxylic acids is 2. The maximum atomic E-state index is 14.2. The van der Waals surface area contributed by atoms with Gasteiger partial charge in [0, 0.05) is 25.1 Å². The molecule has 0 radical (unpaired) electrons. The normalized spacial score (nSPS) is 15.5. The largest absolute Gasteiger partial charge is 0.489 e.